The fourth-order valence-electron chi connectivity index (χ4n) is 0. The minimum absolute atomic E-state index is 0. The average Bonchev–Trinajstić information content (AvgIpc) is 1.36. The Labute approximate surface area is 106 Å². The molecule has 0 aromatic carbocycles. The molecule has 0 atom stereocenters. The fourth-order valence-corrected chi connectivity index (χ4v) is 0. The third-order valence-corrected chi connectivity index (χ3v) is 0. The van der Waals surface area contributed by atoms with Crippen LogP contribution >= 0.6 is 3.76 Å². The minimum atomic E-state index is -4.67. The van der Waals surface area contributed by atoms with E-state index in [4.69, 9.17) is 21.3 Å². The zero-order valence-electron chi connectivity index (χ0n) is 3.50. The van der Waals surface area contributed by atoms with Gasteiger partial charge < -0.3 is 0 Å². The molecule has 0 saturated carbocycles. The summed E-state index contributed by atoms with van der Waals surface area (Å²) in [5.74, 6) is 0. The number of rotatable bonds is 0. The summed E-state index contributed by atoms with van der Waals surface area (Å²) in [6, 6.07) is 0. The first kappa shape index (κ1) is 17.0. The van der Waals surface area contributed by atoms with Crippen LogP contribution in [0.1, 0.15) is 0 Å². The van der Waals surface area contributed by atoms with E-state index in [0.717, 1.165) is 0 Å². The molecule has 0 radical (unpaired) electrons. The molecule has 0 aliphatic heterocycles. The third kappa shape index (κ3) is 68.4. The van der Waals surface area contributed by atoms with Crippen LogP contribution in [0, 0.1) is 0 Å². The molecule has 0 amide bonds. The van der Waals surface area contributed by atoms with Gasteiger partial charge in [-0.05, 0) is 0 Å². The zero-order valence-corrected chi connectivity index (χ0v) is 8.19. The van der Waals surface area contributed by atoms with Gasteiger partial charge in [0.1, 0.15) is 0 Å². The molecule has 0 unspecified atom stereocenters. The van der Waals surface area contributed by atoms with Gasteiger partial charge in [-0.1, -0.05) is 0 Å². The molecule has 0 rings (SSSR count). The first-order chi connectivity index (χ1) is 3.00. The van der Waals surface area contributed by atoms with Gasteiger partial charge in [-0.25, -0.2) is 0 Å². The summed E-state index contributed by atoms with van der Waals surface area (Å²) in [5, 5.41) is 0. The normalized spacial score (nSPS) is 8.12. The van der Waals surface area contributed by atoms with Gasteiger partial charge in [-0.2, -0.15) is 8.42 Å². The van der Waals surface area contributed by atoms with Crippen LogP contribution in [0.5, 0.6) is 0 Å². The van der Waals surface area contributed by atoms with Crippen LogP contribution in [0.3, 0.4) is 0 Å². The summed E-state index contributed by atoms with van der Waals surface area (Å²) in [6.45, 7) is 0. The molecule has 0 aromatic heterocycles. The Morgan fingerprint density at radius 1 is 1.25 bits per heavy atom. The molecule has 0 aliphatic rings. The zero-order chi connectivity index (χ0) is 6.50. The maximum atomic E-state index is 8.74. The molecule has 0 fully saturated rings. The molecular formula is H3ClKNaO4S. The topological polar surface area (TPSA) is 74.6 Å². The SMILES string of the molecule is O=S(=O)(O)O.[Cl][K].[NaH]. The third-order valence-electron chi connectivity index (χ3n) is 0. The molecule has 0 aliphatic carbocycles. The first-order valence-electron chi connectivity index (χ1n) is 1.08. The summed E-state index contributed by atoms with van der Waals surface area (Å²) in [6.07, 6.45) is 0. The van der Waals surface area contributed by atoms with E-state index in [-0.39, 0.29) is 29.6 Å². The van der Waals surface area contributed by atoms with Gasteiger partial charge in [0.05, 0.1) is 0 Å². The Balaban J connectivity index is -0.0000000750. The van der Waals surface area contributed by atoms with Crippen molar-refractivity contribution in [1.82, 2.24) is 0 Å². The van der Waals surface area contributed by atoms with Crippen LogP contribution in [-0.2, 0) is 10.4 Å². The summed E-state index contributed by atoms with van der Waals surface area (Å²) in [5.41, 5.74) is 0. The van der Waals surface area contributed by atoms with Gasteiger partial charge in [0.25, 0.3) is 0 Å². The van der Waals surface area contributed by atoms with Crippen molar-refractivity contribution in [3.05, 3.63) is 0 Å². The van der Waals surface area contributed by atoms with E-state index >= 15 is 0 Å². The van der Waals surface area contributed by atoms with Gasteiger partial charge in [-0.3, -0.25) is 9.11 Å². The van der Waals surface area contributed by atoms with Gasteiger partial charge in [0.2, 0.25) is 0 Å². The Morgan fingerprint density at radius 2 is 1.25 bits per heavy atom. The first-order valence-corrected chi connectivity index (χ1v) is 6.77. The monoisotopic (exact) mass is 196 g/mol. The van der Waals surface area contributed by atoms with Crippen molar-refractivity contribution in [2.75, 3.05) is 0 Å². The van der Waals surface area contributed by atoms with E-state index in [1.807, 2.05) is 0 Å². The molecule has 2 N–H and O–H groups in total. The van der Waals surface area contributed by atoms with Crippen LogP contribution in [0.4, 0.5) is 0 Å². The number of hydrogen-bond donors (Lipinski definition) is 2. The molecule has 0 heterocycles. The van der Waals surface area contributed by atoms with Crippen molar-refractivity contribution in [1.29, 1.82) is 0 Å². The van der Waals surface area contributed by atoms with E-state index in [2.05, 4.69) is 0 Å². The molecule has 4 nitrogen and oxygen atoms in total. The van der Waals surface area contributed by atoms with Crippen molar-refractivity contribution < 1.29 is 17.5 Å². The molecule has 8 heteroatoms. The quantitative estimate of drug-likeness (QED) is 0.385. The molecular weight excluding hydrogens is 194 g/mol. The van der Waals surface area contributed by atoms with Crippen molar-refractivity contribution in [2.24, 2.45) is 0 Å². The van der Waals surface area contributed by atoms with Crippen LogP contribution in [0.25, 0.3) is 0 Å². The van der Waals surface area contributed by atoms with Crippen molar-refractivity contribution in [3.8, 4) is 0 Å². The van der Waals surface area contributed by atoms with Crippen LogP contribution in [0.2, 0.25) is 0 Å². The summed E-state index contributed by atoms with van der Waals surface area (Å²) in [4.78, 5) is 0. The predicted molar refractivity (Wildman–Crippen MR) is 32.9 cm³/mol. The predicted octanol–water partition coefficient (Wildman–Crippen LogP) is -0.993. The molecule has 0 aromatic rings. The van der Waals surface area contributed by atoms with Crippen LogP contribution < -0.4 is 0 Å². The van der Waals surface area contributed by atoms with Gasteiger partial charge >= 0.3 is 90.9 Å². The van der Waals surface area contributed by atoms with E-state index < -0.39 is 10.4 Å². The van der Waals surface area contributed by atoms with E-state index in [1.54, 1.807) is 0 Å². The van der Waals surface area contributed by atoms with Crippen molar-refractivity contribution in [2.45, 2.75) is 0 Å². The summed E-state index contributed by atoms with van der Waals surface area (Å²) < 4.78 is 36.4. The fraction of sp³-hybridized carbons (Fsp3) is 0. The number of halogens is 1. The maximum absolute atomic E-state index is 8.74. The average molecular weight is 197 g/mol. The second kappa shape index (κ2) is 9.80. The van der Waals surface area contributed by atoms with E-state index in [9.17, 15) is 0 Å². The Morgan fingerprint density at radius 3 is 1.25 bits per heavy atom. The summed E-state index contributed by atoms with van der Waals surface area (Å²) >= 11 is 0.535. The molecule has 8 heavy (non-hydrogen) atoms. The van der Waals surface area contributed by atoms with Crippen molar-refractivity contribution in [3.63, 3.8) is 0 Å². The Hall–Kier alpha value is 2.80. The van der Waals surface area contributed by atoms with Gasteiger partial charge in [-0.15, -0.1) is 0 Å². The van der Waals surface area contributed by atoms with Gasteiger partial charge in [0, 0.05) is 0 Å². The molecule has 0 bridgehead atoms. The molecule has 0 spiro atoms. The molecule has 0 saturated heterocycles. The van der Waals surface area contributed by atoms with Crippen molar-refractivity contribution >= 4 is 90.9 Å². The summed E-state index contributed by atoms with van der Waals surface area (Å²) in [7, 11) is -4.67. The van der Waals surface area contributed by atoms with E-state index in [0.29, 0.717) is 47.1 Å². The second-order valence-electron chi connectivity index (χ2n) is 0.448. The Bertz CT molecular complexity index is 99.2. The van der Waals surface area contributed by atoms with E-state index in [1.165, 1.54) is 0 Å². The second-order valence-corrected chi connectivity index (χ2v) is 1.34. The van der Waals surface area contributed by atoms with Gasteiger partial charge in [0.15, 0.2) is 0 Å². The van der Waals surface area contributed by atoms with Crippen LogP contribution in [-0.4, -0.2) is 94.2 Å². The molecule has 42 valence electrons. The Kier molecular flexibility index (Phi) is 20.9. The standard InChI is InChI=1S/ClH.K.Na.H2O4S.H/c;;;1-5(2,3)4;/h1H;;;(H2,1,2,3,4);/q;+1;;;/p-1. The number of hydrogen-bond acceptors (Lipinski definition) is 2. The van der Waals surface area contributed by atoms with Crippen LogP contribution in [0.15, 0.2) is 0 Å².